The molecule has 0 amide bonds. The highest BCUT2D eigenvalue weighted by Crippen LogP contribution is 2.38. The van der Waals surface area contributed by atoms with Crippen LogP contribution in [0.3, 0.4) is 0 Å². The molecule has 0 saturated heterocycles. The number of rotatable bonds is 4. The van der Waals surface area contributed by atoms with Crippen LogP contribution in [0, 0.1) is 0 Å². The number of methoxy groups -OCH3 is 1. The van der Waals surface area contributed by atoms with Gasteiger partial charge in [0.25, 0.3) is 0 Å². The molecule has 2 rings (SSSR count). The second kappa shape index (κ2) is 9.82. The molecule has 0 spiro atoms. The van der Waals surface area contributed by atoms with E-state index in [-0.39, 0.29) is 0 Å². The topological polar surface area (TPSA) is 18.5 Å². The predicted octanol–water partition coefficient (Wildman–Crippen LogP) is 5.81. The summed E-state index contributed by atoms with van der Waals surface area (Å²) in [4.78, 5) is 0. The molecule has 0 fully saturated rings. The molecule has 1 aliphatic rings. The van der Waals surface area contributed by atoms with Crippen molar-refractivity contribution in [1.29, 1.82) is 0 Å². The van der Waals surface area contributed by atoms with Gasteiger partial charge < -0.3 is 9.26 Å². The largest absolute Gasteiger partial charge is 0.480 e. The lowest BCUT2D eigenvalue weighted by Crippen LogP contribution is -1.95. The van der Waals surface area contributed by atoms with Crippen LogP contribution in [0.15, 0.2) is 47.0 Å². The summed E-state index contributed by atoms with van der Waals surface area (Å²) in [5.74, 6) is 0.549. The lowest BCUT2D eigenvalue weighted by molar-refractivity contribution is 0.277. The summed E-state index contributed by atoms with van der Waals surface area (Å²) < 4.78 is 10.0. The van der Waals surface area contributed by atoms with E-state index < -0.39 is 0 Å². The average molecular weight is 320 g/mol. The highest BCUT2D eigenvalue weighted by Gasteiger charge is 2.23. The monoisotopic (exact) mass is 320 g/mol. The van der Waals surface area contributed by atoms with Crippen molar-refractivity contribution in [2.24, 2.45) is 0 Å². The van der Waals surface area contributed by atoms with Crippen LogP contribution in [-0.2, 0) is 15.7 Å². The summed E-state index contributed by atoms with van der Waals surface area (Å²) in [5.41, 5.74) is 5.69. The van der Waals surface area contributed by atoms with Crippen LogP contribution in [-0.4, -0.2) is 14.2 Å². The fourth-order valence-electron chi connectivity index (χ4n) is 2.43. The summed E-state index contributed by atoms with van der Waals surface area (Å²) in [6.45, 7) is 8.60. The summed E-state index contributed by atoms with van der Waals surface area (Å²) in [7, 11) is 3.70. The molecular weight excluding hydrogens is 291 g/mol. The van der Waals surface area contributed by atoms with Crippen molar-refractivity contribution in [3.63, 3.8) is 0 Å². The van der Waals surface area contributed by atoms with Crippen molar-refractivity contribution in [3.05, 3.63) is 58.1 Å². The Hall–Kier alpha value is -1.11. The van der Waals surface area contributed by atoms with Gasteiger partial charge in [-0.25, -0.2) is 0 Å². The lowest BCUT2D eigenvalue weighted by Gasteiger charge is -2.13. The minimum Gasteiger partial charge on any atom is -0.480 e. The Bertz CT molecular complexity index is 528. The SMILES string of the molecule is CC(C)=C(C)PO/C=C(/C)C1CCc2ccccc21.COC. The Morgan fingerprint density at radius 1 is 1.14 bits per heavy atom. The number of aryl methyl sites for hydroxylation is 1. The number of hydrogen-bond acceptors (Lipinski definition) is 2. The molecule has 2 atom stereocenters. The van der Waals surface area contributed by atoms with E-state index in [0.717, 1.165) is 0 Å². The first-order valence-corrected chi connectivity index (χ1v) is 8.62. The lowest BCUT2D eigenvalue weighted by atomic mass is 9.95. The van der Waals surface area contributed by atoms with Crippen molar-refractivity contribution in [3.8, 4) is 0 Å². The van der Waals surface area contributed by atoms with Crippen molar-refractivity contribution in [1.82, 2.24) is 0 Å². The maximum atomic E-state index is 5.75. The quantitative estimate of drug-likeness (QED) is 0.515. The van der Waals surface area contributed by atoms with Gasteiger partial charge in [-0.3, -0.25) is 0 Å². The molecule has 0 bridgehead atoms. The number of fused-ring (bicyclic) bond motifs is 1. The maximum Gasteiger partial charge on any atom is 0.0992 e. The van der Waals surface area contributed by atoms with Crippen molar-refractivity contribution >= 4 is 8.81 Å². The fourth-order valence-corrected chi connectivity index (χ4v) is 3.05. The second-order valence-electron chi connectivity index (χ2n) is 5.91. The molecule has 3 heteroatoms. The minimum absolute atomic E-state index is 0.451. The molecule has 1 aromatic carbocycles. The average Bonchev–Trinajstić information content (AvgIpc) is 2.91. The van der Waals surface area contributed by atoms with Crippen molar-refractivity contribution in [2.75, 3.05) is 14.2 Å². The standard InChI is InChI=1S/C17H23OP.C2H6O/c1-12(2)14(4)19-18-11-13(3)16-10-9-15-7-5-6-8-17(15)16;1-3-2/h5-8,11,16,19H,9-10H2,1-4H3;1-2H3/b13-11-;. The fraction of sp³-hybridized carbons (Fsp3) is 0.474. The molecule has 0 radical (unpaired) electrons. The van der Waals surface area contributed by atoms with Crippen LogP contribution in [0.2, 0.25) is 0 Å². The third-order valence-corrected chi connectivity index (χ3v) is 4.93. The van der Waals surface area contributed by atoms with Crippen molar-refractivity contribution in [2.45, 2.75) is 46.5 Å². The third kappa shape index (κ3) is 5.59. The van der Waals surface area contributed by atoms with Gasteiger partial charge in [-0.15, -0.1) is 0 Å². The molecule has 122 valence electrons. The summed E-state index contributed by atoms with van der Waals surface area (Å²) in [5, 5.41) is 1.34. The highest BCUT2D eigenvalue weighted by molar-refractivity contribution is 7.37. The molecule has 2 unspecified atom stereocenters. The molecule has 1 aromatic rings. The van der Waals surface area contributed by atoms with Gasteiger partial charge in [-0.2, -0.15) is 0 Å². The molecule has 2 nitrogen and oxygen atoms in total. The Morgan fingerprint density at radius 2 is 1.77 bits per heavy atom. The van der Waals surface area contributed by atoms with Crippen LogP contribution in [0.4, 0.5) is 0 Å². The normalized spacial score (nSPS) is 17.0. The van der Waals surface area contributed by atoms with Crippen LogP contribution in [0.25, 0.3) is 0 Å². The number of benzene rings is 1. The zero-order valence-electron chi connectivity index (χ0n) is 14.7. The molecule has 0 saturated carbocycles. The molecule has 0 aliphatic heterocycles. The first-order chi connectivity index (χ1) is 10.5. The molecule has 0 N–H and O–H groups in total. The van der Waals surface area contributed by atoms with Crippen LogP contribution in [0.5, 0.6) is 0 Å². The summed E-state index contributed by atoms with van der Waals surface area (Å²) in [6, 6.07) is 8.78. The highest BCUT2D eigenvalue weighted by atomic mass is 31.1. The van der Waals surface area contributed by atoms with Crippen LogP contribution < -0.4 is 0 Å². The van der Waals surface area contributed by atoms with Gasteiger partial charge in [-0.1, -0.05) is 29.8 Å². The maximum absolute atomic E-state index is 5.75. The van der Waals surface area contributed by atoms with Gasteiger partial charge in [0, 0.05) is 20.1 Å². The van der Waals surface area contributed by atoms with Crippen LogP contribution >= 0.6 is 8.81 Å². The van der Waals surface area contributed by atoms with E-state index in [1.54, 1.807) is 14.2 Å². The molecule has 1 aliphatic carbocycles. The van der Waals surface area contributed by atoms with E-state index in [0.29, 0.717) is 14.7 Å². The van der Waals surface area contributed by atoms with E-state index >= 15 is 0 Å². The second-order valence-corrected chi connectivity index (χ2v) is 7.09. The number of ether oxygens (including phenoxy) is 1. The van der Waals surface area contributed by atoms with Gasteiger partial charge in [-0.05, 0) is 62.6 Å². The van der Waals surface area contributed by atoms with Gasteiger partial charge in [0.2, 0.25) is 0 Å². The first-order valence-electron chi connectivity index (χ1n) is 7.71. The van der Waals surface area contributed by atoms with Gasteiger partial charge in [0.05, 0.1) is 15.1 Å². The zero-order valence-corrected chi connectivity index (χ0v) is 15.7. The zero-order chi connectivity index (χ0) is 16.5. The predicted molar refractivity (Wildman–Crippen MR) is 97.6 cm³/mol. The van der Waals surface area contributed by atoms with E-state index in [9.17, 15) is 0 Å². The third-order valence-electron chi connectivity index (χ3n) is 3.89. The Morgan fingerprint density at radius 3 is 2.41 bits per heavy atom. The van der Waals surface area contributed by atoms with E-state index in [4.69, 9.17) is 4.52 Å². The Labute approximate surface area is 137 Å². The van der Waals surface area contributed by atoms with Crippen LogP contribution in [0.1, 0.15) is 51.2 Å². The van der Waals surface area contributed by atoms with Gasteiger partial charge in [0.15, 0.2) is 0 Å². The first kappa shape index (κ1) is 18.9. The van der Waals surface area contributed by atoms with E-state index in [2.05, 4.69) is 56.7 Å². The number of allylic oxidation sites excluding steroid dienone is 3. The van der Waals surface area contributed by atoms with Gasteiger partial charge in [0.1, 0.15) is 0 Å². The summed E-state index contributed by atoms with van der Waals surface area (Å²) in [6.07, 6.45) is 4.38. The Balaban J connectivity index is 0.000000745. The van der Waals surface area contributed by atoms with E-state index in [1.165, 1.54) is 40.4 Å². The molecule has 22 heavy (non-hydrogen) atoms. The van der Waals surface area contributed by atoms with Gasteiger partial charge >= 0.3 is 0 Å². The number of hydrogen-bond donors (Lipinski definition) is 0. The minimum atomic E-state index is 0.451. The summed E-state index contributed by atoms with van der Waals surface area (Å²) >= 11 is 0. The van der Waals surface area contributed by atoms with E-state index in [1.807, 2.05) is 6.26 Å². The molecule has 0 heterocycles. The molecule has 0 aromatic heterocycles. The Kier molecular flexibility index (Phi) is 8.45. The smallest absolute Gasteiger partial charge is 0.0992 e. The van der Waals surface area contributed by atoms with Crippen molar-refractivity contribution < 1.29 is 9.26 Å². The molecular formula is C19H29O2P.